The molecule has 0 spiro atoms. The first-order valence-electron chi connectivity index (χ1n) is 9.21. The Balaban J connectivity index is 1.44. The number of alkyl halides is 3. The first-order valence-corrected chi connectivity index (χ1v) is 9.21. The monoisotopic (exact) mass is 415 g/mol. The fourth-order valence-electron chi connectivity index (χ4n) is 2.71. The van der Waals surface area contributed by atoms with Crippen LogP contribution in [0.2, 0.25) is 0 Å². The van der Waals surface area contributed by atoms with Gasteiger partial charge < -0.3 is 15.8 Å². The van der Waals surface area contributed by atoms with Crippen LogP contribution in [0, 0.1) is 0 Å². The number of carbonyl (C=O) groups excluding carboxylic acids is 1. The maximum atomic E-state index is 12.6. The zero-order chi connectivity index (χ0) is 21.6. The highest BCUT2D eigenvalue weighted by molar-refractivity contribution is 5.92. The number of nitrogens with one attached hydrogen (secondary N) is 1. The molecule has 3 aromatic rings. The summed E-state index contributed by atoms with van der Waals surface area (Å²) in [5.74, 6) is 0.409. The van der Waals surface area contributed by atoms with Crippen LogP contribution in [0.15, 0.2) is 66.9 Å². The molecule has 1 aromatic heterocycles. The van der Waals surface area contributed by atoms with E-state index in [1.54, 1.807) is 12.1 Å². The molecule has 2 aromatic carbocycles. The Bertz CT molecular complexity index is 971. The first-order chi connectivity index (χ1) is 14.3. The zero-order valence-corrected chi connectivity index (χ0v) is 15.9. The summed E-state index contributed by atoms with van der Waals surface area (Å²) in [6.07, 6.45) is -2.20. The van der Waals surface area contributed by atoms with Crippen LogP contribution < -0.4 is 15.8 Å². The lowest BCUT2D eigenvalue weighted by molar-refractivity contribution is -0.137. The molecule has 0 saturated heterocycles. The van der Waals surface area contributed by atoms with Crippen LogP contribution in [0.3, 0.4) is 0 Å². The van der Waals surface area contributed by atoms with E-state index in [0.29, 0.717) is 30.3 Å². The lowest BCUT2D eigenvalue weighted by Gasteiger charge is -2.09. The number of hydrogen-bond acceptors (Lipinski definition) is 4. The largest absolute Gasteiger partial charge is 0.439 e. The van der Waals surface area contributed by atoms with Gasteiger partial charge in [-0.15, -0.1) is 0 Å². The second-order valence-corrected chi connectivity index (χ2v) is 6.62. The highest BCUT2D eigenvalue weighted by Crippen LogP contribution is 2.29. The van der Waals surface area contributed by atoms with E-state index in [0.717, 1.165) is 29.7 Å². The van der Waals surface area contributed by atoms with E-state index >= 15 is 0 Å². The summed E-state index contributed by atoms with van der Waals surface area (Å²) < 4.78 is 43.3. The van der Waals surface area contributed by atoms with Crippen molar-refractivity contribution in [3.8, 4) is 11.6 Å². The van der Waals surface area contributed by atoms with Crippen LogP contribution in [0.4, 0.5) is 13.2 Å². The molecule has 8 heteroatoms. The fraction of sp³-hybridized carbons (Fsp3) is 0.182. The van der Waals surface area contributed by atoms with E-state index in [4.69, 9.17) is 10.5 Å². The smallest absolute Gasteiger partial charge is 0.416 e. The molecule has 1 amide bonds. The molecule has 0 aliphatic carbocycles. The molecule has 0 aliphatic heterocycles. The predicted octanol–water partition coefficient (Wildman–Crippen LogP) is 4.32. The molecular formula is C22H20F3N3O2. The summed E-state index contributed by atoms with van der Waals surface area (Å²) in [7, 11) is 0. The van der Waals surface area contributed by atoms with Crippen molar-refractivity contribution in [2.75, 3.05) is 6.54 Å². The van der Waals surface area contributed by atoms with Crippen LogP contribution >= 0.6 is 0 Å². The van der Waals surface area contributed by atoms with Gasteiger partial charge in [0.25, 0.3) is 0 Å². The number of carbonyl (C=O) groups is 1. The second kappa shape index (κ2) is 9.41. The highest BCUT2D eigenvalue weighted by atomic mass is 19.4. The number of primary amides is 1. The van der Waals surface area contributed by atoms with Crippen molar-refractivity contribution in [3.63, 3.8) is 0 Å². The summed E-state index contributed by atoms with van der Waals surface area (Å²) in [6, 6.07) is 15.7. The van der Waals surface area contributed by atoms with Crippen LogP contribution in [0.1, 0.15) is 27.0 Å². The maximum absolute atomic E-state index is 12.6. The van der Waals surface area contributed by atoms with Crippen LogP contribution in [0.5, 0.6) is 11.6 Å². The molecule has 5 nitrogen and oxygen atoms in total. The van der Waals surface area contributed by atoms with Crippen LogP contribution in [-0.2, 0) is 19.1 Å². The number of rotatable bonds is 8. The average molecular weight is 415 g/mol. The van der Waals surface area contributed by atoms with Gasteiger partial charge in [0.1, 0.15) is 5.75 Å². The SMILES string of the molecule is NC(=O)c1ccc(Oc2ccc(CCNCc3ccc(C(F)(F)F)cc3)cc2)nc1. The lowest BCUT2D eigenvalue weighted by atomic mass is 10.1. The number of amides is 1. The van der Waals surface area contributed by atoms with Crippen molar-refractivity contribution >= 4 is 5.91 Å². The third kappa shape index (κ3) is 6.05. The van der Waals surface area contributed by atoms with Crippen LogP contribution in [-0.4, -0.2) is 17.4 Å². The van der Waals surface area contributed by atoms with Crippen molar-refractivity contribution in [3.05, 3.63) is 89.1 Å². The summed E-state index contributed by atoms with van der Waals surface area (Å²) in [4.78, 5) is 15.1. The number of pyridine rings is 1. The molecule has 3 rings (SSSR count). The van der Waals surface area contributed by atoms with Gasteiger partial charge in [-0.25, -0.2) is 4.98 Å². The molecule has 0 bridgehead atoms. The fourth-order valence-corrected chi connectivity index (χ4v) is 2.71. The van der Waals surface area contributed by atoms with Gasteiger partial charge >= 0.3 is 6.18 Å². The summed E-state index contributed by atoms with van der Waals surface area (Å²) >= 11 is 0. The highest BCUT2D eigenvalue weighted by Gasteiger charge is 2.29. The Morgan fingerprint density at radius 1 is 0.967 bits per heavy atom. The number of nitrogens with zero attached hydrogens (tertiary/aromatic N) is 1. The van der Waals surface area contributed by atoms with Gasteiger partial charge in [-0.2, -0.15) is 13.2 Å². The summed E-state index contributed by atoms with van der Waals surface area (Å²) in [5, 5.41) is 3.22. The zero-order valence-electron chi connectivity index (χ0n) is 15.9. The molecule has 3 N–H and O–H groups in total. The number of nitrogens with two attached hydrogens (primary N) is 1. The molecule has 30 heavy (non-hydrogen) atoms. The maximum Gasteiger partial charge on any atom is 0.416 e. The van der Waals surface area contributed by atoms with Crippen molar-refractivity contribution in [1.82, 2.24) is 10.3 Å². The Morgan fingerprint density at radius 2 is 1.63 bits per heavy atom. The van der Waals surface area contributed by atoms with Gasteiger partial charge in [0.05, 0.1) is 11.1 Å². The molecule has 0 saturated carbocycles. The standard InChI is InChI=1S/C22H20F3N3O2/c23-22(24,25)18-6-1-16(2-7-18)13-27-12-11-15-3-8-19(9-4-15)30-20-10-5-17(14-28-20)21(26)29/h1-10,14,27H,11-13H2,(H2,26,29). The number of benzene rings is 2. The average Bonchev–Trinajstić information content (AvgIpc) is 2.72. The predicted molar refractivity (Wildman–Crippen MR) is 106 cm³/mol. The van der Waals surface area contributed by atoms with E-state index in [9.17, 15) is 18.0 Å². The molecule has 0 unspecified atom stereocenters. The van der Waals surface area contributed by atoms with Gasteiger partial charge in [-0.05, 0) is 54.4 Å². The van der Waals surface area contributed by atoms with E-state index in [1.807, 2.05) is 24.3 Å². The lowest BCUT2D eigenvalue weighted by Crippen LogP contribution is -2.16. The van der Waals surface area contributed by atoms with Crippen LogP contribution in [0.25, 0.3) is 0 Å². The Labute approximate surface area is 171 Å². The number of hydrogen-bond donors (Lipinski definition) is 2. The Kier molecular flexibility index (Phi) is 6.68. The Hall–Kier alpha value is -3.39. The van der Waals surface area contributed by atoms with Gasteiger partial charge in [0, 0.05) is 18.8 Å². The molecule has 0 fully saturated rings. The van der Waals surface area contributed by atoms with Gasteiger partial charge in [0.2, 0.25) is 11.8 Å². The molecule has 0 atom stereocenters. The normalized spacial score (nSPS) is 11.3. The van der Waals surface area contributed by atoms with Gasteiger partial charge in [-0.1, -0.05) is 24.3 Å². The molecule has 0 aliphatic rings. The van der Waals surface area contributed by atoms with E-state index in [-0.39, 0.29) is 0 Å². The first kappa shape index (κ1) is 21.3. The molecule has 1 heterocycles. The number of halogens is 3. The minimum absolute atomic E-state index is 0.307. The van der Waals surface area contributed by atoms with Gasteiger partial charge in [0.15, 0.2) is 0 Å². The van der Waals surface area contributed by atoms with E-state index in [1.165, 1.54) is 18.3 Å². The summed E-state index contributed by atoms with van der Waals surface area (Å²) in [5.41, 5.74) is 6.71. The minimum Gasteiger partial charge on any atom is -0.439 e. The quantitative estimate of drug-likeness (QED) is 0.537. The molecular weight excluding hydrogens is 395 g/mol. The summed E-state index contributed by atoms with van der Waals surface area (Å²) in [6.45, 7) is 1.17. The molecule has 156 valence electrons. The number of aromatic nitrogens is 1. The number of ether oxygens (including phenoxy) is 1. The third-order valence-corrected chi connectivity index (χ3v) is 4.37. The van der Waals surface area contributed by atoms with Crippen molar-refractivity contribution in [2.45, 2.75) is 19.1 Å². The third-order valence-electron chi connectivity index (χ3n) is 4.37. The second-order valence-electron chi connectivity index (χ2n) is 6.62. The Morgan fingerprint density at radius 3 is 2.20 bits per heavy atom. The topological polar surface area (TPSA) is 77.2 Å². The van der Waals surface area contributed by atoms with Crippen molar-refractivity contribution < 1.29 is 22.7 Å². The van der Waals surface area contributed by atoms with E-state index < -0.39 is 17.6 Å². The van der Waals surface area contributed by atoms with Gasteiger partial charge in [-0.3, -0.25) is 4.79 Å². The van der Waals surface area contributed by atoms with Crippen molar-refractivity contribution in [1.29, 1.82) is 0 Å². The molecule has 0 radical (unpaired) electrons. The minimum atomic E-state index is -4.31. The van der Waals surface area contributed by atoms with E-state index in [2.05, 4.69) is 10.3 Å². The van der Waals surface area contributed by atoms with Crippen molar-refractivity contribution in [2.24, 2.45) is 5.73 Å².